The highest BCUT2D eigenvalue weighted by atomic mass is 28.3. The molecular weight excluding hydrogens is 335 g/mol. The maximum atomic E-state index is 6.11. The second-order valence-electron chi connectivity index (χ2n) is 8.45. The van der Waals surface area contributed by atoms with Gasteiger partial charge >= 0.3 is 7.12 Å². The van der Waals surface area contributed by atoms with Crippen LogP contribution >= 0.6 is 0 Å². The van der Waals surface area contributed by atoms with E-state index in [-0.39, 0.29) is 18.3 Å². The Balaban J connectivity index is 1.76. The third-order valence-corrected chi connectivity index (χ3v) is 7.98. The molecule has 0 aromatic heterocycles. The van der Waals surface area contributed by atoms with Crippen LogP contribution in [0.5, 0.6) is 0 Å². The van der Waals surface area contributed by atoms with Crippen molar-refractivity contribution in [2.24, 2.45) is 0 Å². The molecule has 1 heterocycles. The molecule has 1 fully saturated rings. The molecule has 2 aromatic rings. The molecular formula is C22H27BO2Si. The summed E-state index contributed by atoms with van der Waals surface area (Å²) in [5, 5.41) is 1.36. The van der Waals surface area contributed by atoms with Crippen molar-refractivity contribution in [2.75, 3.05) is 0 Å². The Morgan fingerprint density at radius 3 is 1.88 bits per heavy atom. The summed E-state index contributed by atoms with van der Waals surface area (Å²) in [6.45, 7) is 12.9. The molecule has 1 saturated heterocycles. The van der Waals surface area contributed by atoms with Crippen LogP contribution in [0, 0.1) is 11.5 Å². The first-order chi connectivity index (χ1) is 12.1. The van der Waals surface area contributed by atoms with Gasteiger partial charge in [-0.3, -0.25) is 0 Å². The minimum absolute atomic E-state index is 0.318. The summed E-state index contributed by atoms with van der Waals surface area (Å²) in [6.07, 6.45) is 0. The van der Waals surface area contributed by atoms with Crippen molar-refractivity contribution in [2.45, 2.75) is 52.0 Å². The Kier molecular flexibility index (Phi) is 4.92. The maximum Gasteiger partial charge on any atom is 0.494 e. The molecule has 0 bridgehead atoms. The van der Waals surface area contributed by atoms with Gasteiger partial charge in [-0.2, -0.15) is 0 Å². The smallest absolute Gasteiger partial charge is 0.399 e. The third kappa shape index (κ3) is 3.81. The molecule has 0 spiro atoms. The highest BCUT2D eigenvalue weighted by Crippen LogP contribution is 2.36. The molecule has 0 aliphatic carbocycles. The van der Waals surface area contributed by atoms with E-state index in [1.165, 1.54) is 5.19 Å². The van der Waals surface area contributed by atoms with E-state index in [9.17, 15) is 0 Å². The van der Waals surface area contributed by atoms with Gasteiger partial charge in [-0.25, -0.2) is 0 Å². The molecule has 26 heavy (non-hydrogen) atoms. The van der Waals surface area contributed by atoms with Gasteiger partial charge < -0.3 is 9.31 Å². The predicted molar refractivity (Wildman–Crippen MR) is 113 cm³/mol. The Hall–Kier alpha value is -1.80. The zero-order chi connectivity index (χ0) is 19.0. The summed E-state index contributed by atoms with van der Waals surface area (Å²) in [5.41, 5.74) is 4.96. The Morgan fingerprint density at radius 2 is 1.35 bits per heavy atom. The summed E-state index contributed by atoms with van der Waals surface area (Å²) >= 11 is 0. The molecule has 4 heteroatoms. The van der Waals surface area contributed by atoms with Crippen LogP contribution in [-0.4, -0.2) is 26.4 Å². The third-order valence-electron chi connectivity index (χ3n) is 5.45. The van der Waals surface area contributed by atoms with Gasteiger partial charge in [-0.05, 0) is 50.5 Å². The van der Waals surface area contributed by atoms with Gasteiger partial charge in [0.1, 0.15) is 0 Å². The summed E-state index contributed by atoms with van der Waals surface area (Å²) in [7, 11) is -2.07. The topological polar surface area (TPSA) is 18.5 Å². The highest BCUT2D eigenvalue weighted by molar-refractivity contribution is 6.96. The molecule has 0 atom stereocenters. The Bertz CT molecular complexity index is 814. The first kappa shape index (κ1) is 19.0. The van der Waals surface area contributed by atoms with Gasteiger partial charge in [0.15, 0.2) is 8.07 Å². The van der Waals surface area contributed by atoms with Crippen molar-refractivity contribution in [3.05, 3.63) is 60.2 Å². The molecule has 0 amide bonds. The summed E-state index contributed by atoms with van der Waals surface area (Å²) in [5.74, 6) is 3.36. The second-order valence-corrected chi connectivity index (χ2v) is 12.5. The molecule has 2 nitrogen and oxygen atoms in total. The van der Waals surface area contributed by atoms with Gasteiger partial charge in [-0.15, -0.1) is 5.54 Å². The van der Waals surface area contributed by atoms with Gasteiger partial charge in [0.25, 0.3) is 0 Å². The predicted octanol–water partition coefficient (Wildman–Crippen LogP) is 3.49. The zero-order valence-electron chi connectivity index (χ0n) is 16.6. The quantitative estimate of drug-likeness (QED) is 0.602. The summed E-state index contributed by atoms with van der Waals surface area (Å²) < 4.78 is 12.2. The lowest BCUT2D eigenvalue weighted by molar-refractivity contribution is 0.00578. The van der Waals surface area contributed by atoms with Crippen LogP contribution in [-0.2, 0) is 9.31 Å². The van der Waals surface area contributed by atoms with Crippen LogP contribution in [0.4, 0.5) is 0 Å². The highest BCUT2D eigenvalue weighted by Gasteiger charge is 2.51. The lowest BCUT2D eigenvalue weighted by atomic mass is 9.79. The monoisotopic (exact) mass is 362 g/mol. The molecule has 0 unspecified atom stereocenters. The molecule has 1 aliphatic rings. The van der Waals surface area contributed by atoms with Gasteiger partial charge in [0.05, 0.1) is 11.2 Å². The van der Waals surface area contributed by atoms with Crippen molar-refractivity contribution >= 4 is 25.8 Å². The maximum absolute atomic E-state index is 6.11. The molecule has 1 aliphatic heterocycles. The minimum Gasteiger partial charge on any atom is -0.399 e. The standard InChI is InChI=1S/C22H27BO2Si/c1-21(2)22(3,4)25-23(24-21)19-14-12-18(13-15-19)16-17-26(5,6)20-10-8-7-9-11-20/h7-15H,1-6H3. The van der Waals surface area contributed by atoms with Crippen molar-refractivity contribution in [1.29, 1.82) is 0 Å². The van der Waals surface area contributed by atoms with E-state index < -0.39 is 8.07 Å². The van der Waals surface area contributed by atoms with E-state index in [0.717, 1.165) is 11.0 Å². The first-order valence-corrected chi connectivity index (χ1v) is 12.2. The fourth-order valence-electron chi connectivity index (χ4n) is 2.86. The summed E-state index contributed by atoms with van der Waals surface area (Å²) in [6, 6.07) is 18.8. The van der Waals surface area contributed by atoms with E-state index in [1.54, 1.807) is 0 Å². The van der Waals surface area contributed by atoms with Gasteiger partial charge in [0.2, 0.25) is 0 Å². The average molecular weight is 362 g/mol. The van der Waals surface area contributed by atoms with Crippen molar-refractivity contribution in [1.82, 2.24) is 0 Å². The molecule has 0 N–H and O–H groups in total. The zero-order valence-corrected chi connectivity index (χ0v) is 17.6. The number of hydrogen-bond acceptors (Lipinski definition) is 2. The van der Waals surface area contributed by atoms with Gasteiger partial charge in [0, 0.05) is 5.56 Å². The molecule has 3 rings (SSSR count). The molecule has 0 radical (unpaired) electrons. The first-order valence-electron chi connectivity index (χ1n) is 9.15. The number of benzene rings is 2. The lowest BCUT2D eigenvalue weighted by Crippen LogP contribution is -2.41. The fourth-order valence-corrected chi connectivity index (χ4v) is 4.49. The van der Waals surface area contributed by atoms with Crippen molar-refractivity contribution in [3.63, 3.8) is 0 Å². The van der Waals surface area contributed by atoms with E-state index in [2.05, 4.69) is 107 Å². The number of hydrogen-bond donors (Lipinski definition) is 0. The van der Waals surface area contributed by atoms with Crippen LogP contribution in [0.15, 0.2) is 54.6 Å². The van der Waals surface area contributed by atoms with Crippen LogP contribution in [0.1, 0.15) is 33.3 Å². The van der Waals surface area contributed by atoms with E-state index in [4.69, 9.17) is 9.31 Å². The van der Waals surface area contributed by atoms with E-state index >= 15 is 0 Å². The fraction of sp³-hybridized carbons (Fsp3) is 0.364. The van der Waals surface area contributed by atoms with Crippen LogP contribution in [0.25, 0.3) is 0 Å². The van der Waals surface area contributed by atoms with Crippen LogP contribution < -0.4 is 10.6 Å². The largest absolute Gasteiger partial charge is 0.494 e. The van der Waals surface area contributed by atoms with Crippen LogP contribution in [0.2, 0.25) is 13.1 Å². The van der Waals surface area contributed by atoms with E-state index in [1.807, 2.05) is 0 Å². The van der Waals surface area contributed by atoms with Crippen LogP contribution in [0.3, 0.4) is 0 Å². The molecule has 134 valence electrons. The summed E-state index contributed by atoms with van der Waals surface area (Å²) in [4.78, 5) is 0. The van der Waals surface area contributed by atoms with E-state index in [0.29, 0.717) is 0 Å². The molecule has 0 saturated carbocycles. The lowest BCUT2D eigenvalue weighted by Gasteiger charge is -2.32. The SMILES string of the molecule is CC1(C)OB(c2ccc(C#C[Si](C)(C)c3ccccc3)cc2)OC1(C)C. The van der Waals surface area contributed by atoms with Gasteiger partial charge in [-0.1, -0.05) is 61.5 Å². The second kappa shape index (κ2) is 6.74. The van der Waals surface area contributed by atoms with Crippen molar-refractivity contribution in [3.8, 4) is 11.5 Å². The number of rotatable bonds is 2. The average Bonchev–Trinajstić information content (AvgIpc) is 2.82. The van der Waals surface area contributed by atoms with Crippen molar-refractivity contribution < 1.29 is 9.31 Å². The molecule has 2 aromatic carbocycles. The Morgan fingerprint density at radius 1 is 0.808 bits per heavy atom. The normalized spacial score (nSPS) is 18.3. The minimum atomic E-state index is -1.75. The Labute approximate surface area is 159 Å².